The fraction of sp³-hybridized carbons (Fsp3) is 0.438. The quantitative estimate of drug-likeness (QED) is 0.707. The average molecular weight is 355 g/mol. The zero-order chi connectivity index (χ0) is 16.7. The second-order valence-electron chi connectivity index (χ2n) is 5.18. The van der Waals surface area contributed by atoms with E-state index in [4.69, 9.17) is 9.26 Å². The summed E-state index contributed by atoms with van der Waals surface area (Å²) in [5.41, 5.74) is 0.798. The van der Waals surface area contributed by atoms with Gasteiger partial charge in [-0.05, 0) is 39.1 Å². The molecule has 7 nitrogen and oxygen atoms in total. The summed E-state index contributed by atoms with van der Waals surface area (Å²) in [4.78, 5) is 16.2. The van der Waals surface area contributed by atoms with Crippen molar-refractivity contribution in [1.82, 2.24) is 20.8 Å². The number of methoxy groups -OCH3 is 1. The molecule has 2 rings (SSSR count). The van der Waals surface area contributed by atoms with E-state index in [0.717, 1.165) is 24.3 Å². The van der Waals surface area contributed by atoms with E-state index in [1.165, 1.54) is 0 Å². The molecule has 1 aromatic heterocycles. The first-order valence-electron chi connectivity index (χ1n) is 7.56. The van der Waals surface area contributed by atoms with Gasteiger partial charge in [0.25, 0.3) is 0 Å². The van der Waals surface area contributed by atoms with Gasteiger partial charge in [-0.25, -0.2) is 0 Å². The first-order valence-corrected chi connectivity index (χ1v) is 7.56. The normalized spacial score (nSPS) is 11.5. The van der Waals surface area contributed by atoms with Gasteiger partial charge in [-0.2, -0.15) is 4.98 Å². The maximum atomic E-state index is 11.8. The predicted octanol–water partition coefficient (Wildman–Crippen LogP) is 2.34. The van der Waals surface area contributed by atoms with Crippen LogP contribution in [0.25, 0.3) is 11.4 Å². The van der Waals surface area contributed by atoms with Crippen molar-refractivity contribution in [1.29, 1.82) is 0 Å². The predicted molar refractivity (Wildman–Crippen MR) is 93.3 cm³/mol. The van der Waals surface area contributed by atoms with E-state index >= 15 is 0 Å². The number of nitrogens with zero attached hydrogens (tertiary/aromatic N) is 2. The smallest absolute Gasteiger partial charge is 0.249 e. The number of amides is 1. The van der Waals surface area contributed by atoms with E-state index < -0.39 is 0 Å². The van der Waals surface area contributed by atoms with E-state index in [2.05, 4.69) is 20.8 Å². The zero-order valence-electron chi connectivity index (χ0n) is 14.0. The van der Waals surface area contributed by atoms with Crippen molar-refractivity contribution in [2.45, 2.75) is 25.8 Å². The van der Waals surface area contributed by atoms with Crippen LogP contribution < -0.4 is 15.4 Å². The number of nitrogens with one attached hydrogen (secondary N) is 2. The summed E-state index contributed by atoms with van der Waals surface area (Å²) in [6, 6.07) is 7.08. The summed E-state index contributed by atoms with van der Waals surface area (Å²) in [7, 11) is 3.46. The Hall–Kier alpha value is -2.12. The van der Waals surface area contributed by atoms with Crippen molar-refractivity contribution in [3.05, 3.63) is 30.2 Å². The second-order valence-corrected chi connectivity index (χ2v) is 5.18. The molecule has 1 heterocycles. The first kappa shape index (κ1) is 19.9. The van der Waals surface area contributed by atoms with E-state index in [1.807, 2.05) is 38.2 Å². The highest BCUT2D eigenvalue weighted by Crippen LogP contribution is 2.22. The van der Waals surface area contributed by atoms with Crippen LogP contribution in [0.2, 0.25) is 0 Å². The lowest BCUT2D eigenvalue weighted by molar-refractivity contribution is -0.122. The molecule has 0 aliphatic heterocycles. The molecule has 0 spiro atoms. The molecule has 132 valence electrons. The Balaban J connectivity index is 0.00000288. The Labute approximate surface area is 147 Å². The minimum Gasteiger partial charge on any atom is -0.497 e. The second kappa shape index (κ2) is 9.89. The standard InChI is InChI=1S/C16H22N4O3.ClH/c1-11(18-14(21)8-5-9-17-2)16-19-15(20-23-16)12-6-4-7-13(10-12)22-3;/h4,6-7,10-11,17H,5,8-9H2,1-3H3,(H,18,21);1H. The van der Waals surface area contributed by atoms with Crippen molar-refractivity contribution >= 4 is 18.3 Å². The van der Waals surface area contributed by atoms with Crippen LogP contribution in [0.1, 0.15) is 31.7 Å². The molecule has 2 aromatic rings. The number of hydrogen-bond donors (Lipinski definition) is 2. The Bertz CT molecular complexity index is 648. The monoisotopic (exact) mass is 354 g/mol. The number of hydrogen-bond acceptors (Lipinski definition) is 6. The molecule has 0 fully saturated rings. The summed E-state index contributed by atoms with van der Waals surface area (Å²) >= 11 is 0. The number of rotatable bonds is 8. The fourth-order valence-corrected chi connectivity index (χ4v) is 2.09. The molecule has 2 N–H and O–H groups in total. The summed E-state index contributed by atoms with van der Waals surface area (Å²) in [5, 5.41) is 9.83. The number of carbonyl (C=O) groups is 1. The molecule has 0 bridgehead atoms. The molecule has 0 aliphatic carbocycles. The van der Waals surface area contributed by atoms with Crippen LogP contribution in [0, 0.1) is 0 Å². The lowest BCUT2D eigenvalue weighted by atomic mass is 10.2. The minimum absolute atomic E-state index is 0. The third-order valence-corrected chi connectivity index (χ3v) is 3.35. The van der Waals surface area contributed by atoms with Gasteiger partial charge in [-0.15, -0.1) is 12.4 Å². The Morgan fingerprint density at radius 3 is 2.92 bits per heavy atom. The van der Waals surface area contributed by atoms with Gasteiger partial charge >= 0.3 is 0 Å². The van der Waals surface area contributed by atoms with Gasteiger partial charge in [0, 0.05) is 12.0 Å². The molecule has 8 heteroatoms. The van der Waals surface area contributed by atoms with Gasteiger partial charge < -0.3 is 19.9 Å². The average Bonchev–Trinajstić information content (AvgIpc) is 3.05. The topological polar surface area (TPSA) is 89.3 Å². The van der Waals surface area contributed by atoms with Crippen molar-refractivity contribution in [2.24, 2.45) is 0 Å². The van der Waals surface area contributed by atoms with Crippen LogP contribution in [0.3, 0.4) is 0 Å². The van der Waals surface area contributed by atoms with Crippen molar-refractivity contribution in [3.8, 4) is 17.1 Å². The van der Waals surface area contributed by atoms with Gasteiger partial charge in [-0.3, -0.25) is 4.79 Å². The summed E-state index contributed by atoms with van der Waals surface area (Å²) in [6.07, 6.45) is 1.25. The summed E-state index contributed by atoms with van der Waals surface area (Å²) in [5.74, 6) is 1.54. The highest BCUT2D eigenvalue weighted by molar-refractivity contribution is 5.85. The number of halogens is 1. The molecular weight excluding hydrogens is 332 g/mol. The zero-order valence-corrected chi connectivity index (χ0v) is 14.9. The molecule has 0 radical (unpaired) electrons. The van der Waals surface area contributed by atoms with Crippen LogP contribution >= 0.6 is 12.4 Å². The van der Waals surface area contributed by atoms with Crippen LogP contribution in [0.4, 0.5) is 0 Å². The third kappa shape index (κ3) is 5.50. The highest BCUT2D eigenvalue weighted by atomic mass is 35.5. The number of aromatic nitrogens is 2. The van der Waals surface area contributed by atoms with E-state index in [0.29, 0.717) is 18.1 Å². The van der Waals surface area contributed by atoms with E-state index in [1.54, 1.807) is 7.11 Å². The molecule has 1 amide bonds. The lowest BCUT2D eigenvalue weighted by Crippen LogP contribution is -2.27. The molecule has 0 saturated heterocycles. The summed E-state index contributed by atoms with van der Waals surface area (Å²) < 4.78 is 10.4. The molecule has 1 unspecified atom stereocenters. The Kier molecular flexibility index (Phi) is 8.21. The number of benzene rings is 1. The molecule has 0 saturated carbocycles. The van der Waals surface area contributed by atoms with Gasteiger partial charge in [0.1, 0.15) is 11.8 Å². The molecule has 24 heavy (non-hydrogen) atoms. The Morgan fingerprint density at radius 2 is 2.21 bits per heavy atom. The highest BCUT2D eigenvalue weighted by Gasteiger charge is 2.17. The van der Waals surface area contributed by atoms with Crippen LogP contribution in [-0.2, 0) is 4.79 Å². The van der Waals surface area contributed by atoms with Gasteiger partial charge in [0.05, 0.1) is 7.11 Å². The van der Waals surface area contributed by atoms with Crippen molar-refractivity contribution in [3.63, 3.8) is 0 Å². The molecule has 1 aromatic carbocycles. The SMILES string of the molecule is CNCCCC(=O)NC(C)c1nc(-c2cccc(OC)c2)no1.Cl. The van der Waals surface area contributed by atoms with Crippen LogP contribution in [0.5, 0.6) is 5.75 Å². The van der Waals surface area contributed by atoms with Gasteiger partial charge in [-0.1, -0.05) is 17.3 Å². The van der Waals surface area contributed by atoms with Crippen molar-refractivity contribution in [2.75, 3.05) is 20.7 Å². The largest absolute Gasteiger partial charge is 0.497 e. The number of ether oxygens (including phenoxy) is 1. The fourth-order valence-electron chi connectivity index (χ4n) is 2.09. The Morgan fingerprint density at radius 1 is 1.42 bits per heavy atom. The van der Waals surface area contributed by atoms with Crippen molar-refractivity contribution < 1.29 is 14.1 Å². The van der Waals surface area contributed by atoms with Crippen LogP contribution in [0.15, 0.2) is 28.8 Å². The molecular formula is C16H23ClN4O3. The minimum atomic E-state index is -0.330. The molecule has 0 aliphatic rings. The van der Waals surface area contributed by atoms with Gasteiger partial charge in [0.2, 0.25) is 17.6 Å². The van der Waals surface area contributed by atoms with E-state index in [9.17, 15) is 4.79 Å². The molecule has 1 atom stereocenters. The van der Waals surface area contributed by atoms with E-state index in [-0.39, 0.29) is 24.4 Å². The third-order valence-electron chi connectivity index (χ3n) is 3.35. The maximum absolute atomic E-state index is 11.8. The summed E-state index contributed by atoms with van der Waals surface area (Å²) in [6.45, 7) is 2.63. The van der Waals surface area contributed by atoms with Crippen LogP contribution in [-0.4, -0.2) is 36.8 Å². The van der Waals surface area contributed by atoms with Gasteiger partial charge in [0.15, 0.2) is 0 Å². The number of carbonyl (C=O) groups excluding carboxylic acids is 1. The first-order chi connectivity index (χ1) is 11.1. The maximum Gasteiger partial charge on any atom is 0.249 e. The lowest BCUT2D eigenvalue weighted by Gasteiger charge is -2.09.